The van der Waals surface area contributed by atoms with Gasteiger partial charge in [-0.2, -0.15) is 0 Å². The highest BCUT2D eigenvalue weighted by atomic mass is 16.5. The Bertz CT molecular complexity index is 600. The zero-order valence-corrected chi connectivity index (χ0v) is 12.8. The molecular weight excluding hydrogens is 248 g/mol. The molecule has 3 nitrogen and oxygen atoms in total. The van der Waals surface area contributed by atoms with Gasteiger partial charge in [0.15, 0.2) is 0 Å². The van der Waals surface area contributed by atoms with Crippen LogP contribution in [0.3, 0.4) is 0 Å². The molecule has 1 N–H and O–H groups in total. The van der Waals surface area contributed by atoms with Crippen molar-refractivity contribution in [2.45, 2.75) is 33.1 Å². The van der Waals surface area contributed by atoms with E-state index < -0.39 is 0 Å². The second-order valence-corrected chi connectivity index (χ2v) is 5.98. The van der Waals surface area contributed by atoms with Crippen molar-refractivity contribution < 1.29 is 4.74 Å². The third-order valence-electron chi connectivity index (χ3n) is 3.16. The van der Waals surface area contributed by atoms with Crippen molar-refractivity contribution in [1.82, 2.24) is 4.98 Å². The van der Waals surface area contributed by atoms with Crippen LogP contribution in [0.15, 0.2) is 36.5 Å². The highest BCUT2D eigenvalue weighted by molar-refractivity contribution is 5.46. The quantitative estimate of drug-likeness (QED) is 0.890. The minimum Gasteiger partial charge on any atom is -0.457 e. The fraction of sp³-hybridized carbons (Fsp3) is 0.353. The van der Waals surface area contributed by atoms with Crippen LogP contribution in [0.4, 0.5) is 5.82 Å². The molecule has 0 atom stereocenters. The smallest absolute Gasteiger partial charge is 0.132 e. The third-order valence-corrected chi connectivity index (χ3v) is 3.16. The number of hydrogen-bond acceptors (Lipinski definition) is 3. The molecular formula is C17H22N2O. The number of benzene rings is 1. The van der Waals surface area contributed by atoms with E-state index in [1.165, 1.54) is 11.1 Å². The normalized spacial score (nSPS) is 11.2. The second kappa shape index (κ2) is 5.53. The molecule has 0 spiro atoms. The van der Waals surface area contributed by atoms with Gasteiger partial charge in [0.2, 0.25) is 0 Å². The van der Waals surface area contributed by atoms with Crippen LogP contribution < -0.4 is 10.1 Å². The Morgan fingerprint density at radius 2 is 1.85 bits per heavy atom. The zero-order valence-electron chi connectivity index (χ0n) is 12.8. The molecule has 0 bridgehead atoms. The maximum Gasteiger partial charge on any atom is 0.132 e. The summed E-state index contributed by atoms with van der Waals surface area (Å²) in [7, 11) is 1.85. The van der Waals surface area contributed by atoms with Crippen LogP contribution >= 0.6 is 0 Å². The molecule has 1 aromatic carbocycles. The fourth-order valence-corrected chi connectivity index (χ4v) is 2.07. The van der Waals surface area contributed by atoms with Crippen LogP contribution in [0.5, 0.6) is 11.5 Å². The molecule has 2 aromatic rings. The van der Waals surface area contributed by atoms with Gasteiger partial charge < -0.3 is 10.1 Å². The van der Waals surface area contributed by atoms with Crippen LogP contribution in [0.2, 0.25) is 0 Å². The van der Waals surface area contributed by atoms with E-state index in [2.05, 4.69) is 56.2 Å². The highest BCUT2D eigenvalue weighted by Crippen LogP contribution is 2.35. The Morgan fingerprint density at radius 3 is 2.50 bits per heavy atom. The van der Waals surface area contributed by atoms with E-state index in [9.17, 15) is 0 Å². The summed E-state index contributed by atoms with van der Waals surface area (Å²) in [5.41, 5.74) is 2.43. The number of nitrogens with zero attached hydrogens (tertiary/aromatic N) is 1. The molecule has 1 heterocycles. The molecule has 0 saturated heterocycles. The molecule has 106 valence electrons. The summed E-state index contributed by atoms with van der Waals surface area (Å²) in [6.07, 6.45) is 1.74. The summed E-state index contributed by atoms with van der Waals surface area (Å²) in [6, 6.07) is 10.1. The van der Waals surface area contributed by atoms with Crippen LogP contribution in [-0.2, 0) is 5.41 Å². The average Bonchev–Trinajstić information content (AvgIpc) is 2.37. The first-order valence-electron chi connectivity index (χ1n) is 6.83. The summed E-state index contributed by atoms with van der Waals surface area (Å²) in [4.78, 5) is 4.20. The lowest BCUT2D eigenvalue weighted by Gasteiger charge is -2.23. The average molecular weight is 270 g/mol. The van der Waals surface area contributed by atoms with Gasteiger partial charge in [0.25, 0.3) is 0 Å². The minimum absolute atomic E-state index is 0.0436. The Morgan fingerprint density at radius 1 is 1.10 bits per heavy atom. The first-order chi connectivity index (χ1) is 9.40. The number of nitrogens with one attached hydrogen (secondary N) is 1. The van der Waals surface area contributed by atoms with E-state index in [-0.39, 0.29) is 5.41 Å². The molecule has 2 rings (SSSR count). The molecule has 0 saturated carbocycles. The Balaban J connectivity index is 2.39. The molecule has 0 aliphatic rings. The largest absolute Gasteiger partial charge is 0.457 e. The lowest BCUT2D eigenvalue weighted by molar-refractivity contribution is 0.454. The Hall–Kier alpha value is -2.03. The van der Waals surface area contributed by atoms with Crippen molar-refractivity contribution in [3.05, 3.63) is 47.7 Å². The first-order valence-corrected chi connectivity index (χ1v) is 6.83. The molecule has 0 aliphatic heterocycles. The fourth-order valence-electron chi connectivity index (χ4n) is 2.07. The van der Waals surface area contributed by atoms with Gasteiger partial charge in [-0.3, -0.25) is 0 Å². The van der Waals surface area contributed by atoms with Crippen molar-refractivity contribution >= 4 is 5.82 Å². The lowest BCUT2D eigenvalue weighted by atomic mass is 9.86. The Labute approximate surface area is 121 Å². The minimum atomic E-state index is 0.0436. The summed E-state index contributed by atoms with van der Waals surface area (Å²) in [6.45, 7) is 8.65. The predicted molar refractivity (Wildman–Crippen MR) is 83.7 cm³/mol. The number of hydrogen-bond donors (Lipinski definition) is 1. The maximum absolute atomic E-state index is 6.08. The number of aryl methyl sites for hydroxylation is 1. The number of anilines is 1. The predicted octanol–water partition coefficient (Wildman–Crippen LogP) is 4.52. The van der Waals surface area contributed by atoms with E-state index in [1.807, 2.05) is 19.2 Å². The van der Waals surface area contributed by atoms with Crippen molar-refractivity contribution in [3.8, 4) is 11.5 Å². The van der Waals surface area contributed by atoms with Gasteiger partial charge in [0, 0.05) is 24.9 Å². The van der Waals surface area contributed by atoms with Crippen molar-refractivity contribution in [3.63, 3.8) is 0 Å². The number of aromatic nitrogens is 1. The van der Waals surface area contributed by atoms with Gasteiger partial charge in [0.05, 0.1) is 0 Å². The second-order valence-electron chi connectivity index (χ2n) is 5.98. The van der Waals surface area contributed by atoms with E-state index in [0.29, 0.717) is 0 Å². The monoisotopic (exact) mass is 270 g/mol. The number of ether oxygens (including phenoxy) is 1. The zero-order chi connectivity index (χ0) is 14.8. The molecule has 0 unspecified atom stereocenters. The maximum atomic E-state index is 6.08. The lowest BCUT2D eigenvalue weighted by Crippen LogP contribution is -2.12. The summed E-state index contributed by atoms with van der Waals surface area (Å²) in [5, 5.41) is 3.02. The van der Waals surface area contributed by atoms with E-state index in [4.69, 9.17) is 4.74 Å². The van der Waals surface area contributed by atoms with Crippen LogP contribution in [-0.4, -0.2) is 12.0 Å². The van der Waals surface area contributed by atoms with Gasteiger partial charge in [-0.15, -0.1) is 0 Å². The van der Waals surface area contributed by atoms with Gasteiger partial charge in [-0.05, 0) is 30.0 Å². The van der Waals surface area contributed by atoms with Crippen LogP contribution in [0.1, 0.15) is 31.9 Å². The third kappa shape index (κ3) is 3.29. The van der Waals surface area contributed by atoms with Crippen molar-refractivity contribution in [1.29, 1.82) is 0 Å². The van der Waals surface area contributed by atoms with E-state index in [0.717, 1.165) is 17.3 Å². The van der Waals surface area contributed by atoms with Crippen molar-refractivity contribution in [2.75, 3.05) is 12.4 Å². The summed E-state index contributed by atoms with van der Waals surface area (Å²) in [5.74, 6) is 2.50. The van der Waals surface area contributed by atoms with Gasteiger partial charge in [0.1, 0.15) is 17.3 Å². The summed E-state index contributed by atoms with van der Waals surface area (Å²) >= 11 is 0. The Kier molecular flexibility index (Phi) is 3.98. The van der Waals surface area contributed by atoms with Gasteiger partial charge in [-0.1, -0.05) is 32.9 Å². The molecule has 1 aromatic heterocycles. The molecule has 20 heavy (non-hydrogen) atoms. The van der Waals surface area contributed by atoms with E-state index in [1.54, 1.807) is 6.20 Å². The summed E-state index contributed by atoms with van der Waals surface area (Å²) < 4.78 is 6.08. The number of rotatable bonds is 3. The van der Waals surface area contributed by atoms with Crippen molar-refractivity contribution in [2.24, 2.45) is 0 Å². The number of pyridine rings is 1. The molecule has 0 aliphatic carbocycles. The van der Waals surface area contributed by atoms with Crippen LogP contribution in [0, 0.1) is 6.92 Å². The SMILES string of the molecule is CNc1cc(Oc2cc(C)ccc2C(C)(C)C)ccn1. The molecule has 0 fully saturated rings. The molecule has 0 radical (unpaired) electrons. The van der Waals surface area contributed by atoms with E-state index >= 15 is 0 Å². The standard InChI is InChI=1S/C17H22N2O/c1-12-6-7-14(17(2,3)4)15(10-12)20-13-8-9-19-16(11-13)18-5/h6-11H,1-5H3,(H,18,19). The van der Waals surface area contributed by atoms with Crippen LogP contribution in [0.25, 0.3) is 0 Å². The molecule has 3 heteroatoms. The highest BCUT2D eigenvalue weighted by Gasteiger charge is 2.19. The van der Waals surface area contributed by atoms with Gasteiger partial charge in [-0.25, -0.2) is 4.98 Å². The molecule has 0 amide bonds. The van der Waals surface area contributed by atoms with Gasteiger partial charge >= 0.3 is 0 Å². The topological polar surface area (TPSA) is 34.1 Å². The first kappa shape index (κ1) is 14.4.